The van der Waals surface area contributed by atoms with E-state index >= 15 is 0 Å². The topological polar surface area (TPSA) is 44.4 Å². The smallest absolute Gasteiger partial charge is 0.319 e. The molecule has 1 aromatic carbocycles. The fourth-order valence-electron chi connectivity index (χ4n) is 3.13. The lowest BCUT2D eigenvalue weighted by atomic mass is 9.96. The highest BCUT2D eigenvalue weighted by atomic mass is 16.2. The van der Waals surface area contributed by atoms with E-state index < -0.39 is 0 Å². The highest BCUT2D eigenvalue weighted by Crippen LogP contribution is 2.18. The van der Waals surface area contributed by atoms with Crippen LogP contribution < -0.4 is 10.6 Å². The van der Waals surface area contributed by atoms with E-state index in [1.54, 1.807) is 0 Å². The number of rotatable bonds is 4. The second-order valence-electron chi connectivity index (χ2n) is 6.78. The first-order valence-electron chi connectivity index (χ1n) is 8.31. The molecule has 1 saturated heterocycles. The molecule has 0 spiro atoms. The number of nitrogens with one attached hydrogen (secondary N) is 2. The van der Waals surface area contributed by atoms with Crippen molar-refractivity contribution in [2.75, 3.05) is 25.0 Å². The maximum atomic E-state index is 12.0. The summed E-state index contributed by atoms with van der Waals surface area (Å²) in [5, 5.41) is 5.94. The van der Waals surface area contributed by atoms with Crippen LogP contribution in [0.1, 0.15) is 37.8 Å². The first-order chi connectivity index (χ1) is 10.4. The largest absolute Gasteiger partial charge is 0.338 e. The lowest BCUT2D eigenvalue weighted by molar-refractivity contribution is 0.149. The summed E-state index contributed by atoms with van der Waals surface area (Å²) in [6.07, 6.45) is 2.34. The Morgan fingerprint density at radius 1 is 1.18 bits per heavy atom. The standard InChI is InChI=1S/C18H29N3O/c1-13(2)21-7-5-16(6-8-21)12-19-18(22)20-17-10-14(3)9-15(4)11-17/h9-11,13,16H,5-8,12H2,1-4H3,(H2,19,20,22). The number of nitrogens with zero attached hydrogens (tertiary/aromatic N) is 1. The fourth-order valence-corrected chi connectivity index (χ4v) is 3.13. The molecule has 0 aliphatic carbocycles. The summed E-state index contributed by atoms with van der Waals surface area (Å²) in [5.74, 6) is 0.597. The fraction of sp³-hybridized carbons (Fsp3) is 0.611. The summed E-state index contributed by atoms with van der Waals surface area (Å²) in [5.41, 5.74) is 3.19. The van der Waals surface area contributed by atoms with Crippen molar-refractivity contribution in [1.29, 1.82) is 0 Å². The Morgan fingerprint density at radius 3 is 2.32 bits per heavy atom. The molecule has 2 rings (SSSR count). The van der Waals surface area contributed by atoms with Crippen LogP contribution in [-0.2, 0) is 0 Å². The Bertz CT molecular complexity index is 485. The van der Waals surface area contributed by atoms with Gasteiger partial charge in [0.25, 0.3) is 0 Å². The number of carbonyl (C=O) groups excluding carboxylic acids is 1. The summed E-state index contributed by atoms with van der Waals surface area (Å²) < 4.78 is 0. The SMILES string of the molecule is Cc1cc(C)cc(NC(=O)NCC2CCN(C(C)C)CC2)c1. The minimum Gasteiger partial charge on any atom is -0.338 e. The number of amides is 2. The number of anilines is 1. The summed E-state index contributed by atoms with van der Waals surface area (Å²) in [6, 6.07) is 6.62. The van der Waals surface area contributed by atoms with Crippen LogP contribution in [0.4, 0.5) is 10.5 Å². The average Bonchev–Trinajstić information content (AvgIpc) is 2.44. The third-order valence-corrected chi connectivity index (χ3v) is 4.41. The molecule has 0 aromatic heterocycles. The van der Waals surface area contributed by atoms with Gasteiger partial charge in [-0.15, -0.1) is 0 Å². The van der Waals surface area contributed by atoms with Crippen LogP contribution in [0, 0.1) is 19.8 Å². The number of piperidine rings is 1. The van der Waals surface area contributed by atoms with Crippen LogP contribution in [0.2, 0.25) is 0 Å². The van der Waals surface area contributed by atoms with Gasteiger partial charge in [0.1, 0.15) is 0 Å². The van der Waals surface area contributed by atoms with Gasteiger partial charge < -0.3 is 15.5 Å². The molecule has 1 heterocycles. The van der Waals surface area contributed by atoms with E-state index in [-0.39, 0.29) is 6.03 Å². The molecule has 0 radical (unpaired) electrons. The minimum atomic E-state index is -0.101. The van der Waals surface area contributed by atoms with Crippen molar-refractivity contribution in [3.05, 3.63) is 29.3 Å². The summed E-state index contributed by atoms with van der Waals surface area (Å²) in [7, 11) is 0. The molecule has 0 unspecified atom stereocenters. The van der Waals surface area contributed by atoms with E-state index in [2.05, 4.69) is 35.4 Å². The van der Waals surface area contributed by atoms with E-state index in [4.69, 9.17) is 0 Å². The molecule has 1 aliphatic rings. The second-order valence-corrected chi connectivity index (χ2v) is 6.78. The molecule has 0 atom stereocenters. The van der Waals surface area contributed by atoms with Crippen molar-refractivity contribution in [2.45, 2.75) is 46.6 Å². The summed E-state index contributed by atoms with van der Waals surface area (Å²) >= 11 is 0. The molecule has 1 fully saturated rings. The molecular weight excluding hydrogens is 274 g/mol. The first kappa shape index (κ1) is 16.8. The van der Waals surface area contributed by atoms with Crippen molar-refractivity contribution in [3.8, 4) is 0 Å². The Labute approximate surface area is 134 Å². The van der Waals surface area contributed by atoms with Gasteiger partial charge >= 0.3 is 6.03 Å². The number of aryl methyl sites for hydroxylation is 2. The van der Waals surface area contributed by atoms with Crippen LogP contribution in [0.25, 0.3) is 0 Å². The van der Waals surface area contributed by atoms with Gasteiger partial charge in [0.2, 0.25) is 0 Å². The maximum absolute atomic E-state index is 12.0. The predicted octanol–water partition coefficient (Wildman–Crippen LogP) is 3.55. The van der Waals surface area contributed by atoms with Crippen LogP contribution in [0.15, 0.2) is 18.2 Å². The molecule has 0 saturated carbocycles. The van der Waals surface area contributed by atoms with Gasteiger partial charge in [-0.25, -0.2) is 4.79 Å². The third-order valence-electron chi connectivity index (χ3n) is 4.41. The van der Waals surface area contributed by atoms with Crippen LogP contribution in [-0.4, -0.2) is 36.6 Å². The lowest BCUT2D eigenvalue weighted by Gasteiger charge is -2.34. The molecule has 2 N–H and O–H groups in total. The highest BCUT2D eigenvalue weighted by molar-refractivity contribution is 5.89. The van der Waals surface area contributed by atoms with Crippen molar-refractivity contribution >= 4 is 11.7 Å². The highest BCUT2D eigenvalue weighted by Gasteiger charge is 2.21. The number of urea groups is 1. The third kappa shape index (κ3) is 5.02. The van der Waals surface area contributed by atoms with Crippen molar-refractivity contribution in [2.24, 2.45) is 5.92 Å². The quantitative estimate of drug-likeness (QED) is 0.893. The Hall–Kier alpha value is -1.55. The summed E-state index contributed by atoms with van der Waals surface area (Å²) in [6.45, 7) is 11.6. The number of hydrogen-bond acceptors (Lipinski definition) is 2. The van der Waals surface area contributed by atoms with Gasteiger partial charge in [-0.2, -0.15) is 0 Å². The number of likely N-dealkylation sites (tertiary alicyclic amines) is 1. The zero-order chi connectivity index (χ0) is 16.1. The van der Waals surface area contributed by atoms with Crippen molar-refractivity contribution in [1.82, 2.24) is 10.2 Å². The predicted molar refractivity (Wildman–Crippen MR) is 92.4 cm³/mol. The summed E-state index contributed by atoms with van der Waals surface area (Å²) in [4.78, 5) is 14.5. The Morgan fingerprint density at radius 2 is 1.77 bits per heavy atom. The number of hydrogen-bond donors (Lipinski definition) is 2. The van der Waals surface area contributed by atoms with Gasteiger partial charge in [0.15, 0.2) is 0 Å². The number of carbonyl (C=O) groups is 1. The van der Waals surface area contributed by atoms with Crippen LogP contribution in [0.3, 0.4) is 0 Å². The molecule has 4 heteroatoms. The van der Waals surface area contributed by atoms with Crippen LogP contribution in [0.5, 0.6) is 0 Å². The maximum Gasteiger partial charge on any atom is 0.319 e. The molecule has 22 heavy (non-hydrogen) atoms. The van der Waals surface area contributed by atoms with E-state index in [0.717, 1.165) is 36.4 Å². The van der Waals surface area contributed by atoms with E-state index in [0.29, 0.717) is 12.0 Å². The molecule has 2 amide bonds. The van der Waals surface area contributed by atoms with Gasteiger partial charge in [-0.1, -0.05) is 6.07 Å². The zero-order valence-electron chi connectivity index (χ0n) is 14.3. The van der Waals surface area contributed by atoms with Crippen molar-refractivity contribution in [3.63, 3.8) is 0 Å². The molecule has 0 bridgehead atoms. The van der Waals surface area contributed by atoms with Crippen LogP contribution >= 0.6 is 0 Å². The van der Waals surface area contributed by atoms with E-state index in [1.165, 1.54) is 12.8 Å². The normalized spacial score (nSPS) is 16.8. The minimum absolute atomic E-state index is 0.101. The van der Waals surface area contributed by atoms with Gasteiger partial charge in [-0.3, -0.25) is 0 Å². The van der Waals surface area contributed by atoms with E-state index in [1.807, 2.05) is 26.0 Å². The zero-order valence-corrected chi connectivity index (χ0v) is 14.3. The lowest BCUT2D eigenvalue weighted by Crippen LogP contribution is -2.42. The molecule has 1 aromatic rings. The monoisotopic (exact) mass is 303 g/mol. The first-order valence-corrected chi connectivity index (χ1v) is 8.31. The van der Waals surface area contributed by atoms with Crippen molar-refractivity contribution < 1.29 is 4.79 Å². The molecular formula is C18H29N3O. The molecule has 1 aliphatic heterocycles. The van der Waals surface area contributed by atoms with Gasteiger partial charge in [0.05, 0.1) is 0 Å². The second kappa shape index (κ2) is 7.63. The van der Waals surface area contributed by atoms with Gasteiger partial charge in [-0.05, 0) is 82.8 Å². The average molecular weight is 303 g/mol. The Kier molecular flexibility index (Phi) is 5.83. The number of benzene rings is 1. The van der Waals surface area contributed by atoms with E-state index in [9.17, 15) is 4.79 Å². The van der Waals surface area contributed by atoms with Gasteiger partial charge in [0, 0.05) is 18.3 Å². The molecule has 4 nitrogen and oxygen atoms in total. The molecule has 122 valence electrons. The Balaban J connectivity index is 1.74.